The molecule has 17 heteroatoms. The van der Waals surface area contributed by atoms with E-state index in [4.69, 9.17) is 18.9 Å². The Balaban J connectivity index is 0.000000218. The zero-order valence-corrected chi connectivity index (χ0v) is 50.4. The summed E-state index contributed by atoms with van der Waals surface area (Å²) in [6, 6.07) is 4.19. The molecule has 0 spiro atoms. The van der Waals surface area contributed by atoms with E-state index in [1.54, 1.807) is 35.8 Å². The van der Waals surface area contributed by atoms with E-state index in [2.05, 4.69) is 26.9 Å². The molecule has 4 heterocycles. The summed E-state index contributed by atoms with van der Waals surface area (Å²) in [4.78, 5) is 89.6. The molecule has 1 aromatic heterocycles. The number of pyridine rings is 1. The van der Waals surface area contributed by atoms with Gasteiger partial charge in [0.2, 0.25) is 17.7 Å². The molecule has 3 saturated carbocycles. The van der Waals surface area contributed by atoms with Gasteiger partial charge >= 0.3 is 18.3 Å². The molecule has 0 radical (unpaired) electrons. The Morgan fingerprint density at radius 1 is 0.462 bits per heavy atom. The van der Waals surface area contributed by atoms with E-state index in [9.17, 15) is 28.8 Å². The predicted molar refractivity (Wildman–Crippen MR) is 304 cm³/mol. The fourth-order valence-electron chi connectivity index (χ4n) is 11.9. The SMILES string of the molecule is CN(CC1CCC(C(=O)N2CCC(c3ccncc3)CC2)CC1)C(=O)OC(C)(C)C.CN(CC1CCC(C(=O)N2CCCCC2)CC1)C(=O)OC(C)(C)C.CN(CC1CCC(C(=O)N2CCOCC2)CC1)C(=O)OC(C)(C)C. The van der Waals surface area contributed by atoms with Crippen molar-refractivity contribution < 1.29 is 47.7 Å². The summed E-state index contributed by atoms with van der Waals surface area (Å²) in [6.45, 7) is 25.4. The highest BCUT2D eigenvalue weighted by atomic mass is 16.6. The van der Waals surface area contributed by atoms with Crippen LogP contribution in [0.15, 0.2) is 24.5 Å². The molecule has 6 aliphatic rings. The van der Waals surface area contributed by atoms with Crippen molar-refractivity contribution in [2.45, 2.75) is 194 Å². The summed E-state index contributed by atoms with van der Waals surface area (Å²) in [5.41, 5.74) is -0.0516. The van der Waals surface area contributed by atoms with E-state index in [1.165, 1.54) is 12.0 Å². The first-order chi connectivity index (χ1) is 36.7. The fraction of sp³-hybridized carbons (Fsp3) is 0.820. The van der Waals surface area contributed by atoms with E-state index >= 15 is 0 Å². The van der Waals surface area contributed by atoms with Crippen molar-refractivity contribution in [3.05, 3.63) is 30.1 Å². The molecule has 3 aliphatic carbocycles. The Labute approximate surface area is 469 Å². The topological polar surface area (TPSA) is 172 Å². The van der Waals surface area contributed by atoms with Gasteiger partial charge in [-0.15, -0.1) is 0 Å². The first-order valence-corrected chi connectivity index (χ1v) is 29.9. The van der Waals surface area contributed by atoms with Crippen LogP contribution in [0.3, 0.4) is 0 Å². The average molecular weight is 1090 g/mol. The van der Waals surface area contributed by atoms with Gasteiger partial charge in [0.05, 0.1) is 13.2 Å². The highest BCUT2D eigenvalue weighted by molar-refractivity contribution is 5.80. The first kappa shape index (κ1) is 64.2. The van der Waals surface area contributed by atoms with Gasteiger partial charge in [0.25, 0.3) is 0 Å². The van der Waals surface area contributed by atoms with Crippen LogP contribution in [0.2, 0.25) is 0 Å². The second-order valence-electron chi connectivity index (χ2n) is 26.4. The molecule has 7 rings (SSSR count). The van der Waals surface area contributed by atoms with Crippen LogP contribution in [0.1, 0.15) is 183 Å². The van der Waals surface area contributed by atoms with Gasteiger partial charge in [0.15, 0.2) is 0 Å². The van der Waals surface area contributed by atoms with Crippen molar-refractivity contribution in [2.24, 2.45) is 35.5 Å². The molecule has 0 unspecified atom stereocenters. The lowest BCUT2D eigenvalue weighted by Crippen LogP contribution is -2.45. The Morgan fingerprint density at radius 2 is 0.769 bits per heavy atom. The number of aromatic nitrogens is 1. The number of morpholine rings is 1. The van der Waals surface area contributed by atoms with Crippen LogP contribution < -0.4 is 0 Å². The lowest BCUT2D eigenvalue weighted by Gasteiger charge is -2.37. The molecule has 6 amide bonds. The Kier molecular flexibility index (Phi) is 24.9. The van der Waals surface area contributed by atoms with Crippen molar-refractivity contribution in [3.8, 4) is 0 Å². The second kappa shape index (κ2) is 30.2. The van der Waals surface area contributed by atoms with Crippen LogP contribution in [-0.4, -0.2) is 180 Å². The van der Waals surface area contributed by atoms with Gasteiger partial charge in [-0.1, -0.05) is 0 Å². The Morgan fingerprint density at radius 3 is 1.09 bits per heavy atom. The molecule has 17 nitrogen and oxygen atoms in total. The Hall–Kier alpha value is -4.67. The van der Waals surface area contributed by atoms with Crippen molar-refractivity contribution in [1.82, 2.24) is 34.4 Å². The van der Waals surface area contributed by atoms with Crippen molar-refractivity contribution in [1.29, 1.82) is 0 Å². The molecule has 3 aliphatic heterocycles. The van der Waals surface area contributed by atoms with Gasteiger partial charge in [-0.2, -0.15) is 0 Å². The minimum atomic E-state index is -0.472. The molecular formula is C61H103N7O10. The number of carbonyl (C=O) groups is 6. The van der Waals surface area contributed by atoms with E-state index in [-0.39, 0.29) is 41.9 Å². The maximum Gasteiger partial charge on any atom is 0.410 e. The van der Waals surface area contributed by atoms with Crippen LogP contribution in [0.5, 0.6) is 0 Å². The summed E-state index contributed by atoms with van der Waals surface area (Å²) in [6.07, 6.45) is 20.2. The normalized spacial score (nSPS) is 24.4. The number of ether oxygens (including phenoxy) is 4. The van der Waals surface area contributed by atoms with E-state index in [1.807, 2.05) is 79.6 Å². The monoisotopic (exact) mass is 1090 g/mol. The van der Waals surface area contributed by atoms with Crippen LogP contribution in [0, 0.1) is 35.5 Å². The number of nitrogens with zero attached hydrogens (tertiary/aromatic N) is 7. The molecular weight excluding hydrogens is 991 g/mol. The van der Waals surface area contributed by atoms with E-state index < -0.39 is 16.8 Å². The van der Waals surface area contributed by atoms with Gasteiger partial charge in [0, 0.05) is 110 Å². The average Bonchev–Trinajstić information content (AvgIpc) is 3.41. The van der Waals surface area contributed by atoms with Crippen LogP contribution >= 0.6 is 0 Å². The zero-order chi connectivity index (χ0) is 57.2. The quantitative estimate of drug-likeness (QED) is 0.204. The van der Waals surface area contributed by atoms with Gasteiger partial charge < -0.3 is 48.3 Å². The van der Waals surface area contributed by atoms with Crippen molar-refractivity contribution >= 4 is 36.0 Å². The molecule has 3 saturated heterocycles. The molecule has 78 heavy (non-hydrogen) atoms. The van der Waals surface area contributed by atoms with Gasteiger partial charge in [-0.05, 0) is 213 Å². The lowest BCUT2D eigenvalue weighted by molar-refractivity contribution is -0.141. The summed E-state index contributed by atoms with van der Waals surface area (Å²) in [7, 11) is 5.40. The molecule has 0 atom stereocenters. The smallest absolute Gasteiger partial charge is 0.410 e. The fourth-order valence-corrected chi connectivity index (χ4v) is 11.9. The number of hydrogen-bond donors (Lipinski definition) is 0. The number of carbonyl (C=O) groups excluding carboxylic acids is 6. The molecule has 0 N–H and O–H groups in total. The van der Waals surface area contributed by atoms with Crippen molar-refractivity contribution in [3.63, 3.8) is 0 Å². The zero-order valence-electron chi connectivity index (χ0n) is 50.4. The summed E-state index contributed by atoms with van der Waals surface area (Å²) < 4.78 is 21.6. The van der Waals surface area contributed by atoms with Crippen LogP contribution in [0.25, 0.3) is 0 Å². The number of likely N-dealkylation sites (tertiary alicyclic amines) is 2. The number of hydrogen-bond acceptors (Lipinski definition) is 11. The number of rotatable bonds is 10. The highest BCUT2D eigenvalue weighted by Crippen LogP contribution is 2.35. The van der Waals surface area contributed by atoms with Crippen LogP contribution in [-0.2, 0) is 33.3 Å². The first-order valence-electron chi connectivity index (χ1n) is 29.9. The third kappa shape index (κ3) is 22.1. The predicted octanol–water partition coefficient (Wildman–Crippen LogP) is 10.7. The number of piperidine rings is 2. The van der Waals surface area contributed by atoms with Gasteiger partial charge in [-0.3, -0.25) is 19.4 Å². The third-order valence-electron chi connectivity index (χ3n) is 16.3. The minimum Gasteiger partial charge on any atom is -0.444 e. The number of amides is 6. The maximum atomic E-state index is 13.0. The van der Waals surface area contributed by atoms with Gasteiger partial charge in [0.1, 0.15) is 16.8 Å². The highest BCUT2D eigenvalue weighted by Gasteiger charge is 2.36. The molecule has 0 bridgehead atoms. The molecule has 6 fully saturated rings. The van der Waals surface area contributed by atoms with E-state index in [0.717, 1.165) is 149 Å². The van der Waals surface area contributed by atoms with Gasteiger partial charge in [-0.25, -0.2) is 14.4 Å². The third-order valence-corrected chi connectivity index (χ3v) is 16.3. The van der Waals surface area contributed by atoms with E-state index in [0.29, 0.717) is 61.8 Å². The molecule has 1 aromatic rings. The standard InChI is InChI=1S/C24H37N3O3.C19H34N2O3.C18H32N2O4/c1-24(2,3)30-23(29)26(4)17-18-5-7-21(8-6-18)22(28)27-15-11-20(12-16-27)19-9-13-25-14-10-19;1-19(2,3)24-18(23)20(4)14-15-8-10-16(11-9-15)17(22)21-12-6-5-7-13-21;1-18(2,3)24-17(22)19(4)13-14-5-7-15(8-6-14)16(21)20-9-11-23-12-10-20/h9-10,13-14,18,20-21H,5-8,11-12,15-17H2,1-4H3;15-16H,5-14H2,1-4H3;14-15H,5-13H2,1-4H3. The molecule has 0 aromatic carbocycles. The van der Waals surface area contributed by atoms with Crippen molar-refractivity contribution in [2.75, 3.05) is 93.3 Å². The lowest BCUT2D eigenvalue weighted by atomic mass is 9.80. The second-order valence-corrected chi connectivity index (χ2v) is 26.4. The molecule has 442 valence electrons. The summed E-state index contributed by atoms with van der Waals surface area (Å²) in [5, 5.41) is 0. The minimum absolute atomic E-state index is 0.144. The Bertz CT molecular complexity index is 1930. The van der Waals surface area contributed by atoms with Crippen LogP contribution in [0.4, 0.5) is 14.4 Å². The summed E-state index contributed by atoms with van der Waals surface area (Å²) >= 11 is 0. The largest absolute Gasteiger partial charge is 0.444 e. The summed E-state index contributed by atoms with van der Waals surface area (Å²) in [5.74, 6) is 3.40. The maximum absolute atomic E-state index is 13.0.